The van der Waals surface area contributed by atoms with Gasteiger partial charge in [-0.05, 0) is 60.4 Å². The molecule has 178 valence electrons. The van der Waals surface area contributed by atoms with Gasteiger partial charge in [-0.25, -0.2) is 0 Å². The summed E-state index contributed by atoms with van der Waals surface area (Å²) in [5.74, 6) is 1.12. The quantitative estimate of drug-likeness (QED) is 0.296. The molecule has 6 nitrogen and oxygen atoms in total. The molecule has 0 atom stereocenters. The summed E-state index contributed by atoms with van der Waals surface area (Å²) in [5.41, 5.74) is 11.7. The Morgan fingerprint density at radius 2 is 1.88 bits per heavy atom. The lowest BCUT2D eigenvalue weighted by atomic mass is 10.1. The van der Waals surface area contributed by atoms with E-state index in [1.54, 1.807) is 33.4 Å². The van der Waals surface area contributed by atoms with E-state index in [9.17, 15) is 4.79 Å². The Morgan fingerprint density at radius 1 is 1.15 bits per heavy atom. The number of amides is 1. The molecule has 0 spiro atoms. The van der Waals surface area contributed by atoms with Crippen molar-refractivity contribution in [2.45, 2.75) is 20.3 Å². The summed E-state index contributed by atoms with van der Waals surface area (Å²) >= 11 is 6.34. The molecule has 0 saturated heterocycles. The number of aryl methyl sites for hydroxylation is 2. The van der Waals surface area contributed by atoms with Gasteiger partial charge >= 0.3 is 0 Å². The fourth-order valence-electron chi connectivity index (χ4n) is 3.72. The first kappa shape index (κ1) is 25.0. The third-order valence-electron chi connectivity index (χ3n) is 5.58. The molecule has 3 rings (SSSR count). The van der Waals surface area contributed by atoms with E-state index in [1.807, 2.05) is 56.3 Å². The number of nitrogen functional groups attached to an aromatic ring is 1. The lowest BCUT2D eigenvalue weighted by Gasteiger charge is -2.19. The topological polar surface area (TPSA) is 76.8 Å². The Kier molecular flexibility index (Phi) is 8.08. The van der Waals surface area contributed by atoms with E-state index in [1.165, 1.54) is 11.0 Å². The highest BCUT2D eigenvalue weighted by Crippen LogP contribution is 2.35. The van der Waals surface area contributed by atoms with Gasteiger partial charge in [0.15, 0.2) is 11.5 Å². The minimum Gasteiger partial charge on any atom is -0.493 e. The number of carbonyl (C=O) groups excluding carboxylic acids is 1. The molecule has 34 heavy (non-hydrogen) atoms. The first-order chi connectivity index (χ1) is 16.3. The van der Waals surface area contributed by atoms with Gasteiger partial charge in [0, 0.05) is 35.6 Å². The van der Waals surface area contributed by atoms with Crippen LogP contribution in [0.2, 0.25) is 5.02 Å². The number of benzene rings is 3. The van der Waals surface area contributed by atoms with Gasteiger partial charge in [0.1, 0.15) is 0 Å². The molecule has 0 saturated carbocycles. The number of nitrogens with one attached hydrogen (secondary N) is 1. The van der Waals surface area contributed by atoms with Gasteiger partial charge in [0.2, 0.25) is 0 Å². The smallest absolute Gasteiger partial charge is 0.250 e. The van der Waals surface area contributed by atoms with Crippen molar-refractivity contribution in [2.24, 2.45) is 0 Å². The molecule has 0 bridgehead atoms. The van der Waals surface area contributed by atoms with Crippen LogP contribution in [0, 0.1) is 6.92 Å². The van der Waals surface area contributed by atoms with E-state index in [0.717, 1.165) is 34.5 Å². The second-order valence-electron chi connectivity index (χ2n) is 7.83. The number of hydrogen-bond donors (Lipinski definition) is 2. The maximum atomic E-state index is 12.9. The average molecular weight is 480 g/mol. The summed E-state index contributed by atoms with van der Waals surface area (Å²) in [7, 11) is 4.90. The van der Waals surface area contributed by atoms with Crippen LogP contribution in [-0.2, 0) is 11.2 Å². The normalized spacial score (nSPS) is 10.9. The van der Waals surface area contributed by atoms with Crippen LogP contribution < -0.4 is 25.4 Å². The molecule has 0 unspecified atom stereocenters. The molecule has 3 aromatic carbocycles. The lowest BCUT2D eigenvalue weighted by Crippen LogP contribution is -2.25. The maximum Gasteiger partial charge on any atom is 0.250 e. The van der Waals surface area contributed by atoms with Crippen LogP contribution >= 0.6 is 11.6 Å². The fourth-order valence-corrected chi connectivity index (χ4v) is 4.01. The summed E-state index contributed by atoms with van der Waals surface area (Å²) in [5, 5.41) is 4.00. The zero-order valence-electron chi connectivity index (χ0n) is 20.1. The van der Waals surface area contributed by atoms with Crippen molar-refractivity contribution in [3.05, 3.63) is 76.3 Å². The van der Waals surface area contributed by atoms with Gasteiger partial charge in [0.25, 0.3) is 5.91 Å². The monoisotopic (exact) mass is 479 g/mol. The Morgan fingerprint density at radius 3 is 2.56 bits per heavy atom. The summed E-state index contributed by atoms with van der Waals surface area (Å²) in [6.07, 6.45) is 4.05. The number of carbonyl (C=O) groups is 1. The van der Waals surface area contributed by atoms with Crippen molar-refractivity contribution < 1.29 is 14.3 Å². The van der Waals surface area contributed by atoms with Crippen molar-refractivity contribution in [1.82, 2.24) is 0 Å². The van der Waals surface area contributed by atoms with Gasteiger partial charge in [-0.2, -0.15) is 0 Å². The third-order valence-corrected chi connectivity index (χ3v) is 5.93. The molecular weight excluding hydrogens is 450 g/mol. The van der Waals surface area contributed by atoms with Crippen LogP contribution in [0.4, 0.5) is 22.7 Å². The number of likely N-dealkylation sites (N-methyl/N-ethyl adjacent to an activating group) is 1. The van der Waals surface area contributed by atoms with E-state index < -0.39 is 0 Å². The van der Waals surface area contributed by atoms with Gasteiger partial charge in [0.05, 0.1) is 25.6 Å². The van der Waals surface area contributed by atoms with E-state index in [-0.39, 0.29) is 5.91 Å². The summed E-state index contributed by atoms with van der Waals surface area (Å²) in [4.78, 5) is 14.4. The van der Waals surface area contributed by atoms with E-state index in [2.05, 4.69) is 5.32 Å². The predicted molar refractivity (Wildman–Crippen MR) is 142 cm³/mol. The molecule has 0 radical (unpaired) electrons. The minimum atomic E-state index is -0.219. The van der Waals surface area contributed by atoms with Gasteiger partial charge < -0.3 is 25.4 Å². The molecule has 0 aliphatic carbocycles. The number of nitrogens with two attached hydrogens (primary N) is 1. The first-order valence-corrected chi connectivity index (χ1v) is 11.3. The third kappa shape index (κ3) is 5.46. The van der Waals surface area contributed by atoms with Gasteiger partial charge in [-0.15, -0.1) is 0 Å². The molecule has 0 aliphatic heterocycles. The predicted octanol–water partition coefficient (Wildman–Crippen LogP) is 6.23. The van der Waals surface area contributed by atoms with Crippen LogP contribution in [-0.4, -0.2) is 27.2 Å². The summed E-state index contributed by atoms with van der Waals surface area (Å²) in [6.45, 7) is 3.96. The zero-order valence-corrected chi connectivity index (χ0v) is 20.9. The molecule has 0 aliphatic rings. The number of rotatable bonds is 8. The van der Waals surface area contributed by atoms with Crippen molar-refractivity contribution in [1.29, 1.82) is 0 Å². The van der Waals surface area contributed by atoms with Crippen molar-refractivity contribution in [3.63, 3.8) is 0 Å². The maximum absolute atomic E-state index is 12.9. The van der Waals surface area contributed by atoms with Crippen LogP contribution in [0.1, 0.15) is 23.6 Å². The average Bonchev–Trinajstić information content (AvgIpc) is 2.83. The minimum absolute atomic E-state index is 0.219. The Bertz CT molecular complexity index is 1220. The first-order valence-electron chi connectivity index (χ1n) is 10.9. The Labute approximate surface area is 205 Å². The van der Waals surface area contributed by atoms with Gasteiger partial charge in [-0.3, -0.25) is 4.79 Å². The number of ether oxygens (including phenoxy) is 2. The highest BCUT2D eigenvalue weighted by molar-refractivity contribution is 6.32. The highest BCUT2D eigenvalue weighted by atomic mass is 35.5. The summed E-state index contributed by atoms with van der Waals surface area (Å²) in [6, 6.07) is 15.1. The second-order valence-corrected chi connectivity index (χ2v) is 8.23. The van der Waals surface area contributed by atoms with Crippen molar-refractivity contribution >= 4 is 46.3 Å². The van der Waals surface area contributed by atoms with E-state index in [0.29, 0.717) is 27.9 Å². The highest BCUT2D eigenvalue weighted by Gasteiger charge is 2.14. The number of methoxy groups -OCH3 is 2. The molecule has 3 aromatic rings. The number of halogens is 1. The molecule has 7 heteroatoms. The standard InChI is InChI=1S/C27H30ClN3O3/c1-6-18-14-22(29)24(16-21(18)28)31(3)26(32)12-11-19-9-7-8-10-23(19)30-20-13-17(2)27(34-5)25(15-20)33-4/h7-16,30H,6,29H2,1-5H3/b12-11+. The molecule has 0 heterocycles. The number of nitrogens with zero attached hydrogens (tertiary/aromatic N) is 1. The Balaban J connectivity index is 1.84. The fraction of sp³-hybridized carbons (Fsp3) is 0.222. The van der Waals surface area contributed by atoms with Gasteiger partial charge in [-0.1, -0.05) is 36.7 Å². The zero-order chi connectivity index (χ0) is 24.8. The van der Waals surface area contributed by atoms with E-state index >= 15 is 0 Å². The van der Waals surface area contributed by atoms with Crippen molar-refractivity contribution in [3.8, 4) is 11.5 Å². The number of hydrogen-bond acceptors (Lipinski definition) is 5. The van der Waals surface area contributed by atoms with Crippen LogP contribution in [0.15, 0.2) is 54.6 Å². The lowest BCUT2D eigenvalue weighted by molar-refractivity contribution is -0.113. The molecular formula is C27H30ClN3O3. The van der Waals surface area contributed by atoms with Crippen LogP contribution in [0.25, 0.3) is 6.08 Å². The molecule has 3 N–H and O–H groups in total. The van der Waals surface area contributed by atoms with Crippen molar-refractivity contribution in [2.75, 3.05) is 37.2 Å². The number of para-hydroxylation sites is 1. The Hall–Kier alpha value is -3.64. The second kappa shape index (κ2) is 11.0. The number of anilines is 4. The SMILES string of the molecule is CCc1cc(N)c(N(C)C(=O)/C=C/c2ccccc2Nc2cc(C)c(OC)c(OC)c2)cc1Cl. The molecule has 1 amide bonds. The largest absolute Gasteiger partial charge is 0.493 e. The summed E-state index contributed by atoms with van der Waals surface area (Å²) < 4.78 is 10.9. The molecule has 0 fully saturated rings. The van der Waals surface area contributed by atoms with Crippen LogP contribution in [0.5, 0.6) is 11.5 Å². The van der Waals surface area contributed by atoms with Crippen LogP contribution in [0.3, 0.4) is 0 Å². The molecule has 0 aromatic heterocycles. The van der Waals surface area contributed by atoms with E-state index in [4.69, 9.17) is 26.8 Å².